The third-order valence-corrected chi connectivity index (χ3v) is 4.26. The standard InChI is InChI=1S/C16H23BrN2O2.ClH/c1-16(2,12-4-3-5-13(17)8-12)11-19-15(20)9-14-10-21-7-6-18-14;/h3-5,8,14,18H,6-7,9-11H2,1-2H3,(H,19,20);1H. The van der Waals surface area contributed by atoms with Crippen molar-refractivity contribution in [2.75, 3.05) is 26.3 Å². The number of benzene rings is 1. The lowest BCUT2D eigenvalue weighted by molar-refractivity contribution is -0.122. The van der Waals surface area contributed by atoms with Crippen LogP contribution in [0.25, 0.3) is 0 Å². The van der Waals surface area contributed by atoms with Gasteiger partial charge in [0.15, 0.2) is 0 Å². The summed E-state index contributed by atoms with van der Waals surface area (Å²) >= 11 is 3.49. The molecule has 1 saturated heterocycles. The van der Waals surface area contributed by atoms with Gasteiger partial charge < -0.3 is 15.4 Å². The fourth-order valence-corrected chi connectivity index (χ4v) is 2.78. The van der Waals surface area contributed by atoms with Crippen LogP contribution < -0.4 is 10.6 Å². The average molecular weight is 392 g/mol. The number of halogens is 2. The third kappa shape index (κ3) is 5.88. The molecule has 1 aliphatic heterocycles. The number of ether oxygens (including phenoxy) is 1. The Balaban J connectivity index is 0.00000242. The Labute approximate surface area is 146 Å². The molecule has 0 bridgehead atoms. The maximum absolute atomic E-state index is 12.0. The van der Waals surface area contributed by atoms with E-state index in [1.165, 1.54) is 5.56 Å². The molecule has 1 amide bonds. The van der Waals surface area contributed by atoms with Crippen molar-refractivity contribution in [3.8, 4) is 0 Å². The van der Waals surface area contributed by atoms with Gasteiger partial charge in [-0.15, -0.1) is 12.4 Å². The second-order valence-corrected chi connectivity index (χ2v) is 7.02. The fourth-order valence-electron chi connectivity index (χ4n) is 2.38. The molecule has 0 radical (unpaired) electrons. The van der Waals surface area contributed by atoms with E-state index in [1.807, 2.05) is 12.1 Å². The molecule has 0 spiro atoms. The maximum Gasteiger partial charge on any atom is 0.221 e. The first-order valence-electron chi connectivity index (χ1n) is 7.31. The lowest BCUT2D eigenvalue weighted by Crippen LogP contribution is -2.45. The molecule has 1 unspecified atom stereocenters. The Kier molecular flexibility index (Phi) is 7.83. The Morgan fingerprint density at radius 3 is 2.91 bits per heavy atom. The highest BCUT2D eigenvalue weighted by molar-refractivity contribution is 9.10. The van der Waals surface area contributed by atoms with Gasteiger partial charge in [-0.2, -0.15) is 0 Å². The number of carbonyl (C=O) groups is 1. The number of hydrogen-bond donors (Lipinski definition) is 2. The summed E-state index contributed by atoms with van der Waals surface area (Å²) in [5.41, 5.74) is 1.10. The van der Waals surface area contributed by atoms with Crippen LogP contribution in [0.2, 0.25) is 0 Å². The van der Waals surface area contributed by atoms with E-state index < -0.39 is 0 Å². The SMILES string of the molecule is CC(C)(CNC(=O)CC1COCCN1)c1cccc(Br)c1.Cl. The smallest absolute Gasteiger partial charge is 0.221 e. The van der Waals surface area contributed by atoms with E-state index in [-0.39, 0.29) is 29.8 Å². The van der Waals surface area contributed by atoms with Gasteiger partial charge in [-0.3, -0.25) is 4.79 Å². The molecule has 1 fully saturated rings. The minimum Gasteiger partial charge on any atom is -0.378 e. The molecule has 1 aromatic carbocycles. The summed E-state index contributed by atoms with van der Waals surface area (Å²) in [7, 11) is 0. The van der Waals surface area contributed by atoms with Crippen LogP contribution in [-0.4, -0.2) is 38.3 Å². The molecule has 4 nitrogen and oxygen atoms in total. The van der Waals surface area contributed by atoms with Crippen LogP contribution in [0.4, 0.5) is 0 Å². The van der Waals surface area contributed by atoms with Crippen molar-refractivity contribution < 1.29 is 9.53 Å². The zero-order valence-corrected chi connectivity index (χ0v) is 15.4. The number of morpholine rings is 1. The first kappa shape index (κ1) is 19.4. The fraction of sp³-hybridized carbons (Fsp3) is 0.562. The zero-order chi connectivity index (χ0) is 15.3. The Hall–Kier alpha value is -0.620. The molecule has 6 heteroatoms. The lowest BCUT2D eigenvalue weighted by atomic mass is 9.84. The van der Waals surface area contributed by atoms with Gasteiger partial charge in [-0.1, -0.05) is 41.9 Å². The van der Waals surface area contributed by atoms with Crippen LogP contribution in [0.3, 0.4) is 0 Å². The quantitative estimate of drug-likeness (QED) is 0.811. The highest BCUT2D eigenvalue weighted by atomic mass is 79.9. The number of rotatable bonds is 5. The molecule has 0 saturated carbocycles. The minimum absolute atomic E-state index is 0. The predicted molar refractivity (Wildman–Crippen MR) is 94.7 cm³/mol. The predicted octanol–water partition coefficient (Wildman–Crippen LogP) is 2.64. The molecular weight excluding hydrogens is 368 g/mol. The summed E-state index contributed by atoms with van der Waals surface area (Å²) in [6, 6.07) is 8.35. The van der Waals surface area contributed by atoms with E-state index in [9.17, 15) is 4.79 Å². The highest BCUT2D eigenvalue weighted by Crippen LogP contribution is 2.25. The van der Waals surface area contributed by atoms with Gasteiger partial charge in [0.05, 0.1) is 13.2 Å². The molecule has 124 valence electrons. The molecule has 2 rings (SSSR count). The second kappa shape index (κ2) is 8.87. The topological polar surface area (TPSA) is 50.4 Å². The monoisotopic (exact) mass is 390 g/mol. The number of nitrogens with one attached hydrogen (secondary N) is 2. The molecule has 1 aromatic rings. The van der Waals surface area contributed by atoms with Crippen LogP contribution in [0.15, 0.2) is 28.7 Å². The minimum atomic E-state index is -0.101. The van der Waals surface area contributed by atoms with Crippen molar-refractivity contribution in [1.82, 2.24) is 10.6 Å². The van der Waals surface area contributed by atoms with Gasteiger partial charge in [0.1, 0.15) is 0 Å². The summed E-state index contributed by atoms with van der Waals surface area (Å²) in [5, 5.41) is 6.33. The van der Waals surface area contributed by atoms with Crippen molar-refractivity contribution >= 4 is 34.2 Å². The molecule has 0 aromatic heterocycles. The molecule has 1 atom stereocenters. The van der Waals surface area contributed by atoms with Crippen LogP contribution in [0, 0.1) is 0 Å². The Morgan fingerprint density at radius 1 is 1.50 bits per heavy atom. The Bertz CT molecular complexity index is 491. The highest BCUT2D eigenvalue weighted by Gasteiger charge is 2.23. The van der Waals surface area contributed by atoms with Gasteiger partial charge in [0.25, 0.3) is 0 Å². The van der Waals surface area contributed by atoms with E-state index in [1.54, 1.807) is 0 Å². The van der Waals surface area contributed by atoms with E-state index in [4.69, 9.17) is 4.74 Å². The van der Waals surface area contributed by atoms with Crippen molar-refractivity contribution in [2.24, 2.45) is 0 Å². The largest absolute Gasteiger partial charge is 0.378 e. The third-order valence-electron chi connectivity index (χ3n) is 3.76. The summed E-state index contributed by atoms with van der Waals surface area (Å²) < 4.78 is 6.42. The van der Waals surface area contributed by atoms with Crippen molar-refractivity contribution in [1.29, 1.82) is 0 Å². The van der Waals surface area contributed by atoms with Crippen LogP contribution in [0.5, 0.6) is 0 Å². The van der Waals surface area contributed by atoms with Crippen molar-refractivity contribution in [2.45, 2.75) is 31.7 Å². The van der Waals surface area contributed by atoms with Gasteiger partial charge in [-0.05, 0) is 17.7 Å². The van der Waals surface area contributed by atoms with Crippen molar-refractivity contribution in [3.05, 3.63) is 34.3 Å². The molecular formula is C16H24BrClN2O2. The Morgan fingerprint density at radius 2 is 2.27 bits per heavy atom. The van der Waals surface area contributed by atoms with E-state index in [0.717, 1.165) is 17.6 Å². The molecule has 0 aliphatic carbocycles. The molecule has 2 N–H and O–H groups in total. The zero-order valence-electron chi connectivity index (χ0n) is 13.0. The first-order valence-corrected chi connectivity index (χ1v) is 8.10. The van der Waals surface area contributed by atoms with E-state index >= 15 is 0 Å². The second-order valence-electron chi connectivity index (χ2n) is 6.10. The lowest BCUT2D eigenvalue weighted by Gasteiger charge is -2.27. The van der Waals surface area contributed by atoms with E-state index in [0.29, 0.717) is 19.6 Å². The molecule has 22 heavy (non-hydrogen) atoms. The molecule has 1 heterocycles. The van der Waals surface area contributed by atoms with Gasteiger partial charge >= 0.3 is 0 Å². The maximum atomic E-state index is 12.0. The normalized spacial score (nSPS) is 18.4. The van der Waals surface area contributed by atoms with E-state index in [2.05, 4.69) is 52.5 Å². The number of amides is 1. The van der Waals surface area contributed by atoms with Crippen LogP contribution >= 0.6 is 28.3 Å². The molecule has 1 aliphatic rings. The number of carbonyl (C=O) groups excluding carboxylic acids is 1. The van der Waals surface area contributed by atoms with Crippen LogP contribution in [-0.2, 0) is 14.9 Å². The first-order chi connectivity index (χ1) is 9.97. The van der Waals surface area contributed by atoms with Gasteiger partial charge in [-0.25, -0.2) is 0 Å². The van der Waals surface area contributed by atoms with Crippen LogP contribution in [0.1, 0.15) is 25.8 Å². The summed E-state index contributed by atoms with van der Waals surface area (Å²) in [5.74, 6) is 0.0704. The van der Waals surface area contributed by atoms with Crippen molar-refractivity contribution in [3.63, 3.8) is 0 Å². The summed E-state index contributed by atoms with van der Waals surface area (Å²) in [4.78, 5) is 12.0. The number of hydrogen-bond acceptors (Lipinski definition) is 3. The van der Waals surface area contributed by atoms with Gasteiger partial charge in [0, 0.05) is 35.4 Å². The van der Waals surface area contributed by atoms with Gasteiger partial charge in [0.2, 0.25) is 5.91 Å². The summed E-state index contributed by atoms with van der Waals surface area (Å²) in [6.45, 7) is 7.06. The average Bonchev–Trinajstić information content (AvgIpc) is 2.46. The summed E-state index contributed by atoms with van der Waals surface area (Å²) in [6.07, 6.45) is 0.467.